The molecule has 1 fully saturated rings. The van der Waals surface area contributed by atoms with Gasteiger partial charge in [0, 0.05) is 37.5 Å². The van der Waals surface area contributed by atoms with E-state index in [1.165, 1.54) is 24.6 Å². The summed E-state index contributed by atoms with van der Waals surface area (Å²) in [5, 5.41) is 0.213. The van der Waals surface area contributed by atoms with Crippen molar-refractivity contribution in [2.45, 2.75) is 36.0 Å². The Morgan fingerprint density at radius 1 is 1.31 bits per heavy atom. The first-order valence-electron chi connectivity index (χ1n) is 7.94. The summed E-state index contributed by atoms with van der Waals surface area (Å²) < 4.78 is 56.1. The summed E-state index contributed by atoms with van der Waals surface area (Å²) in [6.45, 7) is 0. The van der Waals surface area contributed by atoms with E-state index in [2.05, 4.69) is 9.35 Å². The molecule has 1 saturated carbocycles. The Hall–Kier alpha value is -2.16. The molecule has 1 atom stereocenters. The normalized spacial score (nSPS) is 18.2. The molecule has 1 amide bonds. The molecule has 0 radical (unpaired) electrons. The molecule has 1 aliphatic rings. The summed E-state index contributed by atoms with van der Waals surface area (Å²) in [5.74, 6) is -0.530. The first-order chi connectivity index (χ1) is 12.0. The van der Waals surface area contributed by atoms with E-state index >= 15 is 0 Å². The lowest BCUT2D eigenvalue weighted by molar-refractivity contribution is -0.137. The molecule has 2 aromatic rings. The predicted octanol–water partition coefficient (Wildman–Crippen LogP) is 3.54. The molecular weight excluding hydrogens is 367 g/mol. The molecule has 9 heteroatoms. The average molecular weight is 385 g/mol. The smallest absolute Gasteiger partial charge is 0.326 e. The van der Waals surface area contributed by atoms with Gasteiger partial charge < -0.3 is 4.57 Å². The average Bonchev–Trinajstić information content (AvgIpc) is 3.17. The number of halogens is 3. The first-order valence-corrected chi connectivity index (χ1v) is 9.86. The molecular formula is C17H18F3N3O2S. The molecule has 1 aromatic heterocycles. The van der Waals surface area contributed by atoms with Crippen LogP contribution >= 0.6 is 0 Å². The summed E-state index contributed by atoms with van der Waals surface area (Å²) in [6, 6.07) is 4.86. The fraction of sp³-hybridized carbons (Fsp3) is 0.412. The minimum Gasteiger partial charge on any atom is -0.326 e. The number of carbonyl (C=O) groups excluding carboxylic acids is 1. The zero-order valence-electron chi connectivity index (χ0n) is 14.3. The van der Waals surface area contributed by atoms with Crippen LogP contribution in [-0.2, 0) is 33.2 Å². The largest absolute Gasteiger partial charge is 0.416 e. The molecule has 1 heterocycles. The van der Waals surface area contributed by atoms with Gasteiger partial charge in [0.2, 0.25) is 5.16 Å². The lowest BCUT2D eigenvalue weighted by Crippen LogP contribution is -2.15. The van der Waals surface area contributed by atoms with Gasteiger partial charge in [-0.05, 0) is 30.5 Å². The standard InChI is InChI=1S/C17H18F3N3O2S/c1-23-10-9-21-15(23)26(2,25)22-14(24)11-16(7-8-16)12-3-5-13(6-4-12)17(18,19)20/h3-6,9-10H,7-8,11H2,1-2H3. The Morgan fingerprint density at radius 2 is 1.92 bits per heavy atom. The van der Waals surface area contributed by atoms with E-state index in [1.54, 1.807) is 17.8 Å². The lowest BCUT2D eigenvalue weighted by Gasteiger charge is -2.15. The van der Waals surface area contributed by atoms with Crippen LogP contribution in [0.1, 0.15) is 30.4 Å². The number of aromatic nitrogens is 2. The van der Waals surface area contributed by atoms with E-state index < -0.39 is 32.8 Å². The van der Waals surface area contributed by atoms with Crippen LogP contribution in [0.25, 0.3) is 0 Å². The fourth-order valence-electron chi connectivity index (χ4n) is 3.00. The van der Waals surface area contributed by atoms with Crippen LogP contribution < -0.4 is 0 Å². The van der Waals surface area contributed by atoms with Gasteiger partial charge in [-0.3, -0.25) is 4.79 Å². The van der Waals surface area contributed by atoms with Gasteiger partial charge in [0.1, 0.15) is 9.73 Å². The van der Waals surface area contributed by atoms with E-state index in [-0.39, 0.29) is 11.6 Å². The number of benzene rings is 1. The van der Waals surface area contributed by atoms with E-state index in [1.807, 2.05) is 0 Å². The number of hydrogen-bond acceptors (Lipinski definition) is 3. The third-order valence-electron chi connectivity index (χ3n) is 4.56. The third kappa shape index (κ3) is 3.67. The summed E-state index contributed by atoms with van der Waals surface area (Å²) in [5.41, 5.74) is -0.560. The highest BCUT2D eigenvalue weighted by Crippen LogP contribution is 2.51. The zero-order valence-corrected chi connectivity index (χ0v) is 15.1. The number of alkyl halides is 3. The number of amides is 1. The predicted molar refractivity (Wildman–Crippen MR) is 89.9 cm³/mol. The minimum absolute atomic E-state index is 0.0214. The molecule has 1 aromatic carbocycles. The Labute approximate surface area is 149 Å². The maximum absolute atomic E-state index is 12.7. The van der Waals surface area contributed by atoms with Crippen molar-refractivity contribution in [1.29, 1.82) is 0 Å². The summed E-state index contributed by atoms with van der Waals surface area (Å²) in [6.07, 6.45) is 1.45. The number of rotatable bonds is 4. The van der Waals surface area contributed by atoms with Gasteiger partial charge in [0.25, 0.3) is 5.91 Å². The minimum atomic E-state index is -4.39. The van der Waals surface area contributed by atoms with Gasteiger partial charge in [0.15, 0.2) is 0 Å². The number of imidazole rings is 1. The van der Waals surface area contributed by atoms with Gasteiger partial charge in [-0.25, -0.2) is 9.19 Å². The van der Waals surface area contributed by atoms with Crippen LogP contribution in [0.5, 0.6) is 0 Å². The van der Waals surface area contributed by atoms with Crippen molar-refractivity contribution < 1.29 is 22.2 Å². The third-order valence-corrected chi connectivity index (χ3v) is 6.18. The number of hydrogen-bond donors (Lipinski definition) is 0. The van der Waals surface area contributed by atoms with E-state index in [0.29, 0.717) is 18.4 Å². The summed E-state index contributed by atoms with van der Waals surface area (Å²) in [7, 11) is -1.31. The molecule has 5 nitrogen and oxygen atoms in total. The second-order valence-electron chi connectivity index (χ2n) is 6.64. The fourth-order valence-corrected chi connectivity index (χ4v) is 4.39. The molecule has 0 aliphatic heterocycles. The zero-order chi connectivity index (χ0) is 19.2. The summed E-state index contributed by atoms with van der Waals surface area (Å²) >= 11 is 0. The van der Waals surface area contributed by atoms with Crippen molar-refractivity contribution in [3.63, 3.8) is 0 Å². The van der Waals surface area contributed by atoms with Crippen molar-refractivity contribution in [2.75, 3.05) is 6.26 Å². The second-order valence-corrected chi connectivity index (χ2v) is 8.79. The van der Waals surface area contributed by atoms with E-state index in [4.69, 9.17) is 0 Å². The van der Waals surface area contributed by atoms with Gasteiger partial charge in [-0.15, -0.1) is 0 Å². The highest BCUT2D eigenvalue weighted by Gasteiger charge is 2.46. The molecule has 1 unspecified atom stereocenters. The Balaban J connectivity index is 1.80. The number of aryl methyl sites for hydroxylation is 1. The monoisotopic (exact) mass is 385 g/mol. The van der Waals surface area contributed by atoms with Crippen molar-refractivity contribution in [2.24, 2.45) is 11.4 Å². The van der Waals surface area contributed by atoms with Crippen molar-refractivity contribution in [1.82, 2.24) is 9.55 Å². The number of carbonyl (C=O) groups is 1. The van der Waals surface area contributed by atoms with Gasteiger partial charge in [-0.2, -0.15) is 17.5 Å². The lowest BCUT2D eigenvalue weighted by atomic mass is 9.91. The van der Waals surface area contributed by atoms with Crippen LogP contribution in [0.15, 0.2) is 46.2 Å². The maximum atomic E-state index is 12.7. The van der Waals surface area contributed by atoms with Crippen LogP contribution in [0.2, 0.25) is 0 Å². The highest BCUT2D eigenvalue weighted by molar-refractivity contribution is 7.93. The van der Waals surface area contributed by atoms with Gasteiger partial charge in [0.05, 0.1) is 5.56 Å². The SMILES string of the molecule is Cn1ccnc1S(C)(=O)=NC(=O)CC1(c2ccc(C(F)(F)F)cc2)CC1. The van der Waals surface area contributed by atoms with Crippen molar-refractivity contribution in [3.05, 3.63) is 47.8 Å². The Bertz CT molecular complexity index is 950. The molecule has 0 saturated heterocycles. The molecule has 26 heavy (non-hydrogen) atoms. The molecule has 3 rings (SSSR count). The molecule has 140 valence electrons. The highest BCUT2D eigenvalue weighted by atomic mass is 32.2. The van der Waals surface area contributed by atoms with E-state index in [0.717, 1.165) is 12.1 Å². The van der Waals surface area contributed by atoms with Crippen molar-refractivity contribution in [3.8, 4) is 0 Å². The Kier molecular flexibility index (Phi) is 4.46. The second kappa shape index (κ2) is 6.22. The van der Waals surface area contributed by atoms with E-state index in [9.17, 15) is 22.2 Å². The van der Waals surface area contributed by atoms with Crippen LogP contribution in [-0.4, -0.2) is 25.9 Å². The topological polar surface area (TPSA) is 64.3 Å². The first kappa shape index (κ1) is 18.6. The van der Waals surface area contributed by atoms with Gasteiger partial charge >= 0.3 is 6.18 Å². The molecule has 0 N–H and O–H groups in total. The Morgan fingerprint density at radius 3 is 2.38 bits per heavy atom. The summed E-state index contributed by atoms with van der Waals surface area (Å²) in [4.78, 5) is 16.3. The van der Waals surface area contributed by atoms with Crippen molar-refractivity contribution >= 4 is 15.6 Å². The molecule has 0 spiro atoms. The quantitative estimate of drug-likeness (QED) is 0.809. The molecule has 1 aliphatic carbocycles. The molecule has 0 bridgehead atoms. The van der Waals surface area contributed by atoms with Gasteiger partial charge in [-0.1, -0.05) is 12.1 Å². The van der Waals surface area contributed by atoms with Crippen LogP contribution in [0, 0.1) is 0 Å². The number of nitrogens with zero attached hydrogens (tertiary/aromatic N) is 3. The van der Waals surface area contributed by atoms with Crippen LogP contribution in [0.3, 0.4) is 0 Å². The maximum Gasteiger partial charge on any atom is 0.416 e. The van der Waals surface area contributed by atoms with Crippen LogP contribution in [0.4, 0.5) is 13.2 Å².